The molecule has 0 bridgehead atoms. The number of ketones is 1. The Morgan fingerprint density at radius 1 is 0.789 bits per heavy atom. The maximum absolute atomic E-state index is 12.1. The summed E-state index contributed by atoms with van der Waals surface area (Å²) in [5, 5.41) is 18.2. The minimum Gasteiger partial charge on any atom is -0.508 e. The third kappa shape index (κ3) is 6.07. The number of carboxylic acid groups (broad SMARTS) is 1. The Labute approximate surface area is 227 Å². The van der Waals surface area contributed by atoms with Crippen molar-refractivity contribution in [3.8, 4) is 5.75 Å². The standard InChI is InChI=1S/C17H20N2S.C14H10O4/c1-13(18(2)3)12-19-14-8-4-6-10-16(14)20-17-11-7-5-9-15(17)19;15-10-7-5-9(6-8-10)13(16)11-3-1-2-4-12(11)14(17)18/h4-11,13H,12H2,1-3H3;1-8,15H,(H,17,18). The van der Waals surface area contributed by atoms with Crippen LogP contribution in [0.4, 0.5) is 11.4 Å². The number of para-hydroxylation sites is 2. The van der Waals surface area contributed by atoms with Crippen LogP contribution in [-0.4, -0.2) is 53.5 Å². The summed E-state index contributed by atoms with van der Waals surface area (Å²) in [7, 11) is 4.28. The number of carbonyl (C=O) groups excluding carboxylic acids is 1. The Morgan fingerprint density at radius 3 is 1.82 bits per heavy atom. The zero-order valence-corrected chi connectivity index (χ0v) is 22.4. The van der Waals surface area contributed by atoms with Gasteiger partial charge in [-0.1, -0.05) is 54.2 Å². The van der Waals surface area contributed by atoms with Gasteiger partial charge in [-0.2, -0.15) is 0 Å². The van der Waals surface area contributed by atoms with E-state index in [1.165, 1.54) is 57.6 Å². The second kappa shape index (κ2) is 12.0. The van der Waals surface area contributed by atoms with Gasteiger partial charge in [0.25, 0.3) is 0 Å². The predicted molar refractivity (Wildman–Crippen MR) is 152 cm³/mol. The molecule has 4 aromatic rings. The number of carbonyl (C=O) groups is 2. The van der Waals surface area contributed by atoms with E-state index in [0.717, 1.165) is 6.54 Å². The first-order chi connectivity index (χ1) is 18.3. The van der Waals surface area contributed by atoms with Crippen LogP contribution in [0.3, 0.4) is 0 Å². The second-order valence-corrected chi connectivity index (χ2v) is 10.3. The molecule has 194 valence electrons. The summed E-state index contributed by atoms with van der Waals surface area (Å²) < 4.78 is 0. The summed E-state index contributed by atoms with van der Waals surface area (Å²) in [5.74, 6) is -1.47. The van der Waals surface area contributed by atoms with Gasteiger partial charge in [0.05, 0.1) is 16.9 Å². The summed E-state index contributed by atoms with van der Waals surface area (Å²) in [6, 6.07) is 29.6. The third-order valence-electron chi connectivity index (χ3n) is 6.39. The highest BCUT2D eigenvalue weighted by molar-refractivity contribution is 7.99. The number of aromatic hydroxyl groups is 1. The summed E-state index contributed by atoms with van der Waals surface area (Å²) in [6.07, 6.45) is 0. The number of benzene rings is 4. The number of hydrogen-bond donors (Lipinski definition) is 2. The monoisotopic (exact) mass is 526 g/mol. The molecule has 0 saturated heterocycles. The van der Waals surface area contributed by atoms with Gasteiger partial charge >= 0.3 is 5.97 Å². The SMILES string of the molecule is CC(CN1c2ccccc2Sc2ccccc21)N(C)C.O=C(O)c1ccccc1C(=O)c1ccc(O)cc1. The first-order valence-electron chi connectivity index (χ1n) is 12.2. The van der Waals surface area contributed by atoms with E-state index in [9.17, 15) is 9.59 Å². The smallest absolute Gasteiger partial charge is 0.336 e. The van der Waals surface area contributed by atoms with Crippen LogP contribution in [0.2, 0.25) is 0 Å². The van der Waals surface area contributed by atoms with E-state index >= 15 is 0 Å². The second-order valence-electron chi connectivity index (χ2n) is 9.19. The predicted octanol–water partition coefficient (Wildman–Crippen LogP) is 6.56. The van der Waals surface area contributed by atoms with Crippen molar-refractivity contribution in [3.63, 3.8) is 0 Å². The van der Waals surface area contributed by atoms with Gasteiger partial charge in [-0.15, -0.1) is 0 Å². The molecule has 0 saturated carbocycles. The molecule has 1 heterocycles. The minimum atomic E-state index is -1.14. The molecule has 2 N–H and O–H groups in total. The van der Waals surface area contributed by atoms with Gasteiger partial charge in [0.2, 0.25) is 0 Å². The van der Waals surface area contributed by atoms with Crippen LogP contribution >= 0.6 is 11.8 Å². The van der Waals surface area contributed by atoms with Gasteiger partial charge in [-0.05, 0) is 75.6 Å². The largest absolute Gasteiger partial charge is 0.508 e. The van der Waals surface area contributed by atoms with Crippen molar-refractivity contribution in [1.29, 1.82) is 0 Å². The number of carboxylic acids is 1. The Bertz CT molecular complexity index is 1390. The molecular weight excluding hydrogens is 496 g/mol. The van der Waals surface area contributed by atoms with Crippen molar-refractivity contribution >= 4 is 34.9 Å². The topological polar surface area (TPSA) is 81.1 Å². The summed E-state index contributed by atoms with van der Waals surface area (Å²) >= 11 is 1.87. The number of anilines is 2. The van der Waals surface area contributed by atoms with E-state index in [-0.39, 0.29) is 22.7 Å². The fourth-order valence-corrected chi connectivity index (χ4v) is 5.14. The molecule has 4 aromatic carbocycles. The normalized spacial score (nSPS) is 12.6. The molecule has 6 nitrogen and oxygen atoms in total. The number of phenolic OH excluding ortho intramolecular Hbond substituents is 1. The van der Waals surface area contributed by atoms with Gasteiger partial charge in [0.1, 0.15) is 5.75 Å². The van der Waals surface area contributed by atoms with Gasteiger partial charge in [-0.25, -0.2) is 4.79 Å². The van der Waals surface area contributed by atoms with Crippen LogP contribution < -0.4 is 4.90 Å². The fraction of sp³-hybridized carbons (Fsp3) is 0.161. The van der Waals surface area contributed by atoms with Crippen molar-refractivity contribution in [2.45, 2.75) is 22.8 Å². The first-order valence-corrected chi connectivity index (χ1v) is 13.0. The Hall–Kier alpha value is -4.07. The maximum Gasteiger partial charge on any atom is 0.336 e. The summed E-state index contributed by atoms with van der Waals surface area (Å²) in [6.45, 7) is 3.27. The van der Waals surface area contributed by atoms with Gasteiger partial charge in [-0.3, -0.25) is 4.79 Å². The zero-order valence-electron chi connectivity index (χ0n) is 21.5. The Kier molecular flexibility index (Phi) is 8.51. The van der Waals surface area contributed by atoms with Crippen LogP contribution in [0.25, 0.3) is 0 Å². The molecule has 1 atom stereocenters. The number of hydrogen-bond acceptors (Lipinski definition) is 6. The van der Waals surface area contributed by atoms with Gasteiger partial charge in [0, 0.05) is 33.5 Å². The molecule has 0 aliphatic carbocycles. The van der Waals surface area contributed by atoms with Crippen molar-refractivity contribution in [2.75, 3.05) is 25.5 Å². The minimum absolute atomic E-state index is 0.0319. The molecule has 0 amide bonds. The van der Waals surface area contributed by atoms with E-state index in [1.807, 2.05) is 11.8 Å². The van der Waals surface area contributed by atoms with E-state index in [4.69, 9.17) is 10.2 Å². The number of rotatable bonds is 6. The zero-order chi connectivity index (χ0) is 27.2. The molecule has 7 heteroatoms. The lowest BCUT2D eigenvalue weighted by Gasteiger charge is -2.36. The van der Waals surface area contributed by atoms with Crippen molar-refractivity contribution < 1.29 is 19.8 Å². The number of aromatic carboxylic acids is 1. The molecular formula is C31H30N2O4S. The average Bonchev–Trinajstić information content (AvgIpc) is 2.93. The van der Waals surface area contributed by atoms with E-state index < -0.39 is 5.97 Å². The highest BCUT2D eigenvalue weighted by Crippen LogP contribution is 2.47. The molecule has 0 fully saturated rings. The highest BCUT2D eigenvalue weighted by atomic mass is 32.2. The van der Waals surface area contributed by atoms with Crippen LogP contribution in [-0.2, 0) is 0 Å². The molecule has 0 spiro atoms. The van der Waals surface area contributed by atoms with Gasteiger partial charge < -0.3 is 20.0 Å². The van der Waals surface area contributed by atoms with Crippen LogP contribution in [0.5, 0.6) is 5.75 Å². The highest BCUT2D eigenvalue weighted by Gasteiger charge is 2.24. The molecule has 1 unspecified atom stereocenters. The van der Waals surface area contributed by atoms with Crippen molar-refractivity contribution in [2.24, 2.45) is 0 Å². The quantitative estimate of drug-likeness (QED) is 0.275. The molecule has 0 aromatic heterocycles. The fourth-order valence-electron chi connectivity index (χ4n) is 4.04. The third-order valence-corrected chi connectivity index (χ3v) is 7.52. The Balaban J connectivity index is 0.000000178. The molecule has 1 aliphatic heterocycles. The van der Waals surface area contributed by atoms with E-state index in [0.29, 0.717) is 11.6 Å². The van der Waals surface area contributed by atoms with Crippen molar-refractivity contribution in [3.05, 3.63) is 114 Å². The number of nitrogens with zero attached hydrogens (tertiary/aromatic N) is 2. The van der Waals surface area contributed by atoms with E-state index in [1.54, 1.807) is 12.1 Å². The van der Waals surface area contributed by atoms with E-state index in [2.05, 4.69) is 79.3 Å². The maximum atomic E-state index is 12.1. The number of phenols is 1. The first kappa shape index (κ1) is 27.0. The average molecular weight is 527 g/mol. The molecule has 0 radical (unpaired) electrons. The molecule has 1 aliphatic rings. The number of fused-ring (bicyclic) bond motifs is 2. The van der Waals surface area contributed by atoms with Gasteiger partial charge in [0.15, 0.2) is 5.78 Å². The molecule has 5 rings (SSSR count). The Morgan fingerprint density at radius 2 is 1.29 bits per heavy atom. The van der Waals surface area contributed by atoms with Crippen molar-refractivity contribution in [1.82, 2.24) is 4.90 Å². The van der Waals surface area contributed by atoms with Crippen LogP contribution in [0.1, 0.15) is 33.2 Å². The van der Waals surface area contributed by atoms with Crippen LogP contribution in [0, 0.1) is 0 Å². The lowest BCUT2D eigenvalue weighted by Crippen LogP contribution is -2.37. The lowest BCUT2D eigenvalue weighted by atomic mass is 9.98. The lowest BCUT2D eigenvalue weighted by molar-refractivity contribution is 0.0692. The summed E-state index contributed by atoms with van der Waals surface area (Å²) in [4.78, 5) is 30.6. The van der Waals surface area contributed by atoms with Crippen LogP contribution in [0.15, 0.2) is 107 Å². The number of likely N-dealkylation sites (N-methyl/N-ethyl adjacent to an activating group) is 1. The summed E-state index contributed by atoms with van der Waals surface area (Å²) in [5.41, 5.74) is 3.09. The molecule has 38 heavy (non-hydrogen) atoms.